The van der Waals surface area contributed by atoms with E-state index in [0.29, 0.717) is 11.5 Å². The topological polar surface area (TPSA) is 87.0 Å². The summed E-state index contributed by atoms with van der Waals surface area (Å²) in [5.41, 5.74) is 0.215. The Hall–Kier alpha value is -2.96. The first-order valence-corrected chi connectivity index (χ1v) is 6.82. The number of furan rings is 1. The summed E-state index contributed by atoms with van der Waals surface area (Å²) in [6.45, 7) is 0.00896. The number of benzene rings is 1. The molecule has 0 saturated carbocycles. The predicted molar refractivity (Wildman–Crippen MR) is 80.4 cm³/mol. The Kier molecular flexibility index (Phi) is 5.62. The lowest BCUT2D eigenvalue weighted by molar-refractivity contribution is -0.123. The molecule has 0 aliphatic rings. The second-order valence-electron chi connectivity index (χ2n) is 4.50. The van der Waals surface area contributed by atoms with E-state index in [9.17, 15) is 9.59 Å². The highest BCUT2D eigenvalue weighted by Crippen LogP contribution is 2.25. The lowest BCUT2D eigenvalue weighted by atomic mass is 10.2. The maximum absolute atomic E-state index is 11.8. The fourth-order valence-corrected chi connectivity index (χ4v) is 1.82. The van der Waals surface area contributed by atoms with Gasteiger partial charge in [-0.15, -0.1) is 0 Å². The molecule has 0 bridgehead atoms. The maximum Gasteiger partial charge on any atom is 0.341 e. The number of amides is 1. The molecule has 1 aromatic heterocycles. The van der Waals surface area contributed by atoms with Gasteiger partial charge in [-0.05, 0) is 24.3 Å². The van der Waals surface area contributed by atoms with E-state index in [1.54, 1.807) is 18.2 Å². The van der Waals surface area contributed by atoms with Crippen LogP contribution in [-0.2, 0) is 16.1 Å². The molecule has 0 radical (unpaired) electrons. The quantitative estimate of drug-likeness (QED) is 0.783. The lowest BCUT2D eigenvalue weighted by Gasteiger charge is -2.11. The number of methoxy groups -OCH3 is 2. The number of hydrogen-bond acceptors (Lipinski definition) is 6. The minimum atomic E-state index is -0.557. The minimum Gasteiger partial charge on any atom is -0.497 e. The standard InChI is InChI=1S/C16H17NO6/c1-20-11-5-6-13(16(19)21-2)14(8-11)23-10-15(18)17-9-12-4-3-7-22-12/h3-8H,9-10H2,1-2H3,(H,17,18). The van der Waals surface area contributed by atoms with Crippen LogP contribution in [0.4, 0.5) is 0 Å². The van der Waals surface area contributed by atoms with E-state index in [2.05, 4.69) is 10.1 Å². The molecule has 1 N–H and O–H groups in total. The number of carbonyl (C=O) groups excluding carboxylic acids is 2. The Morgan fingerprint density at radius 1 is 1.22 bits per heavy atom. The van der Waals surface area contributed by atoms with Gasteiger partial charge < -0.3 is 23.9 Å². The summed E-state index contributed by atoms with van der Waals surface area (Å²) in [5.74, 6) is 0.446. The van der Waals surface area contributed by atoms with Gasteiger partial charge in [0.05, 0.1) is 27.0 Å². The number of rotatable bonds is 7. The summed E-state index contributed by atoms with van der Waals surface area (Å²) in [4.78, 5) is 23.5. The summed E-state index contributed by atoms with van der Waals surface area (Å²) in [7, 11) is 2.76. The van der Waals surface area contributed by atoms with Crippen molar-refractivity contribution in [3.05, 3.63) is 47.9 Å². The van der Waals surface area contributed by atoms with Gasteiger partial charge >= 0.3 is 5.97 Å². The van der Waals surface area contributed by atoms with Gasteiger partial charge in [0.25, 0.3) is 5.91 Å². The molecule has 0 aliphatic carbocycles. The van der Waals surface area contributed by atoms with E-state index in [1.165, 1.54) is 32.6 Å². The van der Waals surface area contributed by atoms with Gasteiger partial charge in [0.2, 0.25) is 0 Å². The van der Waals surface area contributed by atoms with Crippen LogP contribution in [0.1, 0.15) is 16.1 Å². The molecule has 0 atom stereocenters. The molecule has 2 aromatic rings. The van der Waals surface area contributed by atoms with Gasteiger partial charge in [0, 0.05) is 6.07 Å². The van der Waals surface area contributed by atoms with Crippen LogP contribution in [0.15, 0.2) is 41.0 Å². The van der Waals surface area contributed by atoms with E-state index >= 15 is 0 Å². The lowest BCUT2D eigenvalue weighted by Crippen LogP contribution is -2.28. The van der Waals surface area contributed by atoms with E-state index in [0.717, 1.165) is 0 Å². The fraction of sp³-hybridized carbons (Fsp3) is 0.250. The molecular weight excluding hydrogens is 302 g/mol. The summed E-state index contributed by atoms with van der Waals surface area (Å²) in [6.07, 6.45) is 1.52. The molecule has 0 aliphatic heterocycles. The number of ether oxygens (including phenoxy) is 3. The smallest absolute Gasteiger partial charge is 0.341 e. The van der Waals surface area contributed by atoms with Crippen molar-refractivity contribution in [2.45, 2.75) is 6.54 Å². The third-order valence-corrected chi connectivity index (χ3v) is 2.99. The van der Waals surface area contributed by atoms with Crippen molar-refractivity contribution in [3.63, 3.8) is 0 Å². The first kappa shape index (κ1) is 16.4. The van der Waals surface area contributed by atoms with Gasteiger partial charge in [-0.25, -0.2) is 4.79 Å². The zero-order chi connectivity index (χ0) is 16.7. The minimum absolute atomic E-state index is 0.212. The number of nitrogens with one attached hydrogen (secondary N) is 1. The van der Waals surface area contributed by atoms with Crippen molar-refractivity contribution < 1.29 is 28.2 Å². The Morgan fingerprint density at radius 2 is 2.04 bits per heavy atom. The van der Waals surface area contributed by atoms with Crippen LogP contribution in [0, 0.1) is 0 Å². The largest absolute Gasteiger partial charge is 0.497 e. The van der Waals surface area contributed by atoms with Gasteiger partial charge in [-0.2, -0.15) is 0 Å². The monoisotopic (exact) mass is 319 g/mol. The Bertz CT molecular complexity index is 665. The van der Waals surface area contributed by atoms with E-state index in [1.807, 2.05) is 0 Å². The molecule has 0 spiro atoms. The molecule has 0 saturated heterocycles. The highest BCUT2D eigenvalue weighted by atomic mass is 16.5. The van der Waals surface area contributed by atoms with Crippen molar-refractivity contribution in [2.75, 3.05) is 20.8 Å². The zero-order valence-corrected chi connectivity index (χ0v) is 12.8. The Balaban J connectivity index is 1.97. The van der Waals surface area contributed by atoms with E-state index < -0.39 is 5.97 Å². The van der Waals surface area contributed by atoms with Crippen molar-refractivity contribution in [1.29, 1.82) is 0 Å². The molecule has 0 fully saturated rings. The molecule has 23 heavy (non-hydrogen) atoms. The van der Waals surface area contributed by atoms with Crippen LogP contribution in [0.25, 0.3) is 0 Å². The van der Waals surface area contributed by atoms with Gasteiger partial charge in [-0.1, -0.05) is 0 Å². The highest BCUT2D eigenvalue weighted by molar-refractivity contribution is 5.92. The van der Waals surface area contributed by atoms with Crippen LogP contribution >= 0.6 is 0 Å². The molecule has 0 unspecified atom stereocenters. The van der Waals surface area contributed by atoms with Gasteiger partial charge in [0.15, 0.2) is 6.61 Å². The first-order valence-electron chi connectivity index (χ1n) is 6.82. The number of esters is 1. The zero-order valence-electron chi connectivity index (χ0n) is 12.8. The van der Waals surface area contributed by atoms with Crippen LogP contribution < -0.4 is 14.8 Å². The van der Waals surface area contributed by atoms with Crippen molar-refractivity contribution in [2.24, 2.45) is 0 Å². The third kappa shape index (κ3) is 4.50. The Morgan fingerprint density at radius 3 is 2.70 bits per heavy atom. The molecule has 7 nitrogen and oxygen atoms in total. The SMILES string of the molecule is COC(=O)c1ccc(OC)cc1OCC(=O)NCc1ccco1. The van der Waals surface area contributed by atoms with Gasteiger partial charge in [0.1, 0.15) is 22.8 Å². The van der Waals surface area contributed by atoms with Crippen LogP contribution in [-0.4, -0.2) is 32.7 Å². The highest BCUT2D eigenvalue weighted by Gasteiger charge is 2.15. The second kappa shape index (κ2) is 7.88. The van der Waals surface area contributed by atoms with Crippen molar-refractivity contribution in [1.82, 2.24) is 5.32 Å². The summed E-state index contributed by atoms with van der Waals surface area (Å²) >= 11 is 0. The Labute approximate surface area is 133 Å². The van der Waals surface area contributed by atoms with Crippen molar-refractivity contribution in [3.8, 4) is 11.5 Å². The van der Waals surface area contributed by atoms with E-state index in [-0.39, 0.29) is 30.4 Å². The average Bonchev–Trinajstić information content (AvgIpc) is 3.10. The molecule has 1 heterocycles. The molecule has 2 rings (SSSR count). The van der Waals surface area contributed by atoms with Crippen LogP contribution in [0.5, 0.6) is 11.5 Å². The normalized spacial score (nSPS) is 10.0. The van der Waals surface area contributed by atoms with Crippen LogP contribution in [0.3, 0.4) is 0 Å². The molecule has 122 valence electrons. The first-order chi connectivity index (χ1) is 11.1. The maximum atomic E-state index is 11.8. The summed E-state index contributed by atoms with van der Waals surface area (Å²) in [5, 5.41) is 2.64. The fourth-order valence-electron chi connectivity index (χ4n) is 1.82. The third-order valence-electron chi connectivity index (χ3n) is 2.99. The van der Waals surface area contributed by atoms with Gasteiger partial charge in [-0.3, -0.25) is 4.79 Å². The predicted octanol–water partition coefficient (Wildman–Crippen LogP) is 1.77. The summed E-state index contributed by atoms with van der Waals surface area (Å²) < 4.78 is 20.3. The molecular formula is C16H17NO6. The van der Waals surface area contributed by atoms with Crippen LogP contribution in [0.2, 0.25) is 0 Å². The second-order valence-corrected chi connectivity index (χ2v) is 4.50. The number of hydrogen-bond donors (Lipinski definition) is 1. The van der Waals surface area contributed by atoms with E-state index in [4.69, 9.17) is 13.9 Å². The number of carbonyl (C=O) groups is 2. The average molecular weight is 319 g/mol. The molecule has 1 aromatic carbocycles. The molecule has 1 amide bonds. The van der Waals surface area contributed by atoms with Crippen molar-refractivity contribution >= 4 is 11.9 Å². The summed E-state index contributed by atoms with van der Waals surface area (Å²) in [6, 6.07) is 8.12. The molecule has 7 heteroatoms.